The van der Waals surface area contributed by atoms with Crippen LogP contribution in [0.3, 0.4) is 0 Å². The number of carbonyl (C=O) groups is 1. The Hall–Kier alpha value is -2.76. The van der Waals surface area contributed by atoms with Gasteiger partial charge in [0.15, 0.2) is 11.6 Å². The fourth-order valence-electron chi connectivity index (χ4n) is 3.21. The van der Waals surface area contributed by atoms with Crippen molar-refractivity contribution in [2.75, 3.05) is 6.54 Å². The first kappa shape index (κ1) is 14.8. The number of nitrogens with zero attached hydrogens (tertiary/aromatic N) is 1. The zero-order valence-electron chi connectivity index (χ0n) is 12.6. The van der Waals surface area contributed by atoms with Gasteiger partial charge in [-0.05, 0) is 36.2 Å². The maximum absolute atomic E-state index is 14.6. The molecule has 0 unspecified atom stereocenters. The molecule has 4 rings (SSSR count). The molecule has 0 saturated carbocycles. The summed E-state index contributed by atoms with van der Waals surface area (Å²) in [4.78, 5) is 12.2. The number of carbonyl (C=O) groups excluding carboxylic acids is 1. The van der Waals surface area contributed by atoms with Crippen LogP contribution in [0.4, 0.5) is 13.2 Å². The molecule has 0 bridgehead atoms. The first-order chi connectivity index (χ1) is 11.6. The molecule has 1 aliphatic heterocycles. The first-order valence-corrected chi connectivity index (χ1v) is 7.61. The highest BCUT2D eigenvalue weighted by Gasteiger charge is 2.24. The van der Waals surface area contributed by atoms with Crippen molar-refractivity contribution in [1.29, 1.82) is 0 Å². The van der Waals surface area contributed by atoms with Crippen molar-refractivity contribution in [2.45, 2.75) is 13.0 Å². The van der Waals surface area contributed by atoms with E-state index in [1.807, 2.05) is 0 Å². The molecule has 1 amide bonds. The molecule has 2 heterocycles. The van der Waals surface area contributed by atoms with Crippen LogP contribution < -0.4 is 5.32 Å². The quantitative estimate of drug-likeness (QED) is 0.722. The average molecular weight is 330 g/mol. The van der Waals surface area contributed by atoms with E-state index in [9.17, 15) is 18.0 Å². The van der Waals surface area contributed by atoms with Crippen LogP contribution in [-0.2, 0) is 6.54 Å². The van der Waals surface area contributed by atoms with Gasteiger partial charge in [0.1, 0.15) is 11.5 Å². The maximum Gasteiger partial charge on any atom is 0.267 e. The lowest BCUT2D eigenvalue weighted by Crippen LogP contribution is -2.22. The molecule has 0 saturated heterocycles. The number of halogens is 3. The molecule has 1 aromatic heterocycles. The molecule has 0 radical (unpaired) electrons. The molecule has 0 spiro atoms. The van der Waals surface area contributed by atoms with Crippen molar-refractivity contribution in [3.8, 4) is 11.1 Å². The summed E-state index contributed by atoms with van der Waals surface area (Å²) >= 11 is 0. The Labute approximate surface area is 135 Å². The van der Waals surface area contributed by atoms with Crippen molar-refractivity contribution < 1.29 is 18.0 Å². The Balaban J connectivity index is 2.09. The van der Waals surface area contributed by atoms with Crippen molar-refractivity contribution in [1.82, 2.24) is 9.88 Å². The molecule has 3 nitrogen and oxygen atoms in total. The maximum atomic E-state index is 14.6. The van der Waals surface area contributed by atoms with E-state index < -0.39 is 17.5 Å². The third kappa shape index (κ3) is 2.18. The lowest BCUT2D eigenvalue weighted by atomic mass is 10.0. The highest BCUT2D eigenvalue weighted by atomic mass is 19.2. The van der Waals surface area contributed by atoms with Gasteiger partial charge >= 0.3 is 0 Å². The van der Waals surface area contributed by atoms with Crippen molar-refractivity contribution >= 4 is 16.8 Å². The largest absolute Gasteiger partial charge is 0.351 e. The number of rotatable bonds is 1. The number of amides is 1. The summed E-state index contributed by atoms with van der Waals surface area (Å²) < 4.78 is 43.5. The summed E-state index contributed by atoms with van der Waals surface area (Å²) in [5.74, 6) is -2.72. The third-order valence-corrected chi connectivity index (χ3v) is 4.28. The summed E-state index contributed by atoms with van der Waals surface area (Å²) in [6.07, 6.45) is 0.685. The molecular formula is C18H13F3N2O. The predicted octanol–water partition coefficient (Wildman–Crippen LogP) is 3.86. The second-order valence-electron chi connectivity index (χ2n) is 5.78. The molecular weight excluding hydrogens is 317 g/mol. The Morgan fingerprint density at radius 3 is 2.54 bits per heavy atom. The summed E-state index contributed by atoms with van der Waals surface area (Å²) in [6.45, 7) is 1.04. The summed E-state index contributed by atoms with van der Waals surface area (Å²) in [5, 5.41) is 3.21. The van der Waals surface area contributed by atoms with E-state index in [1.165, 1.54) is 24.3 Å². The molecule has 1 N–H and O–H groups in total. The first-order valence-electron chi connectivity index (χ1n) is 7.61. The Bertz CT molecular complexity index is 961. The van der Waals surface area contributed by atoms with Gasteiger partial charge in [-0.2, -0.15) is 0 Å². The zero-order valence-corrected chi connectivity index (χ0v) is 12.6. The molecule has 6 heteroatoms. The minimum Gasteiger partial charge on any atom is -0.351 e. The smallest absolute Gasteiger partial charge is 0.267 e. The van der Waals surface area contributed by atoms with Gasteiger partial charge in [-0.15, -0.1) is 0 Å². The molecule has 122 valence electrons. The van der Waals surface area contributed by atoms with Gasteiger partial charge in [-0.3, -0.25) is 4.79 Å². The van der Waals surface area contributed by atoms with Crippen molar-refractivity contribution in [3.05, 3.63) is 59.5 Å². The SMILES string of the molecule is O=C1NCCCn2c1cc1cc(F)c(F)c(-c3ccc(F)cc3)c12. The van der Waals surface area contributed by atoms with E-state index in [4.69, 9.17) is 0 Å². The second kappa shape index (κ2) is 5.40. The normalized spacial score (nSPS) is 14.4. The number of hydrogen-bond acceptors (Lipinski definition) is 1. The standard InChI is InChI=1S/C18H13F3N2O/c19-12-4-2-10(3-5-12)15-16(21)13(20)8-11-9-14-18(24)22-6-1-7-23(14)17(11)15/h2-5,8-9H,1,6-7H2,(H,22,24). The molecule has 0 fully saturated rings. The molecule has 1 aliphatic rings. The van der Waals surface area contributed by atoms with Gasteiger partial charge in [0.2, 0.25) is 0 Å². The fourth-order valence-corrected chi connectivity index (χ4v) is 3.21. The van der Waals surface area contributed by atoms with E-state index in [0.717, 1.165) is 6.07 Å². The highest BCUT2D eigenvalue weighted by molar-refractivity contribution is 6.03. The third-order valence-electron chi connectivity index (χ3n) is 4.28. The van der Waals surface area contributed by atoms with Crippen LogP contribution in [0.15, 0.2) is 36.4 Å². The van der Waals surface area contributed by atoms with Crippen LogP contribution >= 0.6 is 0 Å². The number of aromatic nitrogens is 1. The number of fused-ring (bicyclic) bond motifs is 3. The van der Waals surface area contributed by atoms with Crippen LogP contribution in [0, 0.1) is 17.5 Å². The lowest BCUT2D eigenvalue weighted by molar-refractivity contribution is 0.0951. The number of hydrogen-bond donors (Lipinski definition) is 1. The van der Waals surface area contributed by atoms with E-state index >= 15 is 0 Å². The van der Waals surface area contributed by atoms with E-state index in [1.54, 1.807) is 10.6 Å². The molecule has 3 aromatic rings. The van der Waals surface area contributed by atoms with E-state index in [-0.39, 0.29) is 11.5 Å². The van der Waals surface area contributed by atoms with Crippen molar-refractivity contribution in [2.24, 2.45) is 0 Å². The summed E-state index contributed by atoms with van der Waals surface area (Å²) in [6, 6.07) is 7.86. The Kier molecular flexibility index (Phi) is 3.33. The monoisotopic (exact) mass is 330 g/mol. The van der Waals surface area contributed by atoms with Crippen LogP contribution in [0.5, 0.6) is 0 Å². The van der Waals surface area contributed by atoms with Gasteiger partial charge in [-0.25, -0.2) is 13.2 Å². The Morgan fingerprint density at radius 2 is 1.79 bits per heavy atom. The number of benzene rings is 2. The van der Waals surface area contributed by atoms with Gasteiger partial charge < -0.3 is 9.88 Å². The lowest BCUT2D eigenvalue weighted by Gasteiger charge is -2.12. The van der Waals surface area contributed by atoms with Gasteiger partial charge in [0.25, 0.3) is 5.91 Å². The molecule has 0 aliphatic carbocycles. The summed E-state index contributed by atoms with van der Waals surface area (Å²) in [7, 11) is 0. The van der Waals surface area contributed by atoms with E-state index in [2.05, 4.69) is 5.32 Å². The van der Waals surface area contributed by atoms with Gasteiger partial charge in [-0.1, -0.05) is 12.1 Å². The highest BCUT2D eigenvalue weighted by Crippen LogP contribution is 2.35. The minimum absolute atomic E-state index is 0.0472. The molecule has 24 heavy (non-hydrogen) atoms. The van der Waals surface area contributed by atoms with Crippen molar-refractivity contribution in [3.63, 3.8) is 0 Å². The van der Waals surface area contributed by atoms with Gasteiger partial charge in [0.05, 0.1) is 5.52 Å². The predicted molar refractivity (Wildman–Crippen MR) is 84.2 cm³/mol. The van der Waals surface area contributed by atoms with Crippen LogP contribution in [0.25, 0.3) is 22.0 Å². The van der Waals surface area contributed by atoms with Crippen LogP contribution in [0.1, 0.15) is 16.9 Å². The topological polar surface area (TPSA) is 34.0 Å². The van der Waals surface area contributed by atoms with Gasteiger partial charge in [0, 0.05) is 24.0 Å². The Morgan fingerprint density at radius 1 is 1.04 bits per heavy atom. The average Bonchev–Trinajstić information content (AvgIpc) is 2.82. The number of aryl methyl sites for hydroxylation is 1. The zero-order chi connectivity index (χ0) is 16.8. The van der Waals surface area contributed by atoms with Crippen LogP contribution in [-0.4, -0.2) is 17.0 Å². The summed E-state index contributed by atoms with van der Waals surface area (Å²) in [5.41, 5.74) is 1.23. The molecule has 0 atom stereocenters. The van der Waals surface area contributed by atoms with E-state index in [0.29, 0.717) is 41.7 Å². The number of nitrogens with one attached hydrogen (secondary N) is 1. The minimum atomic E-state index is -1.00. The second-order valence-corrected chi connectivity index (χ2v) is 5.78. The van der Waals surface area contributed by atoms with Crippen LogP contribution in [0.2, 0.25) is 0 Å². The fraction of sp³-hybridized carbons (Fsp3) is 0.167. The molecule has 2 aromatic carbocycles.